The van der Waals surface area contributed by atoms with Crippen LogP contribution in [0.3, 0.4) is 0 Å². The lowest BCUT2D eigenvalue weighted by Gasteiger charge is -2.09. The number of amides is 1. The zero-order chi connectivity index (χ0) is 10.0. The van der Waals surface area contributed by atoms with E-state index in [0.29, 0.717) is 22.7 Å². The molecular formula is C9H11ClN2O. The van der Waals surface area contributed by atoms with E-state index >= 15 is 0 Å². The van der Waals surface area contributed by atoms with E-state index in [9.17, 15) is 4.79 Å². The number of hydrogen-bond donors (Lipinski definition) is 2. The van der Waals surface area contributed by atoms with Crippen molar-refractivity contribution in [1.29, 1.82) is 0 Å². The molecule has 0 spiro atoms. The molecule has 0 radical (unpaired) electrons. The topological polar surface area (TPSA) is 69.1 Å². The van der Waals surface area contributed by atoms with Crippen molar-refractivity contribution >= 4 is 23.2 Å². The van der Waals surface area contributed by atoms with E-state index in [0.717, 1.165) is 5.56 Å². The van der Waals surface area contributed by atoms with Crippen molar-refractivity contribution < 1.29 is 4.79 Å². The fraction of sp³-hybridized carbons (Fsp3) is 0.222. The summed E-state index contributed by atoms with van der Waals surface area (Å²) < 4.78 is 0. The number of carbonyl (C=O) groups is 1. The second-order valence-electron chi connectivity index (χ2n) is 2.71. The number of nitrogens with two attached hydrogens (primary N) is 2. The fourth-order valence-corrected chi connectivity index (χ4v) is 1.55. The van der Waals surface area contributed by atoms with Crippen molar-refractivity contribution in [2.45, 2.75) is 13.3 Å². The van der Waals surface area contributed by atoms with Crippen molar-refractivity contribution in [2.75, 3.05) is 5.73 Å². The second-order valence-corrected chi connectivity index (χ2v) is 3.12. The first-order valence-electron chi connectivity index (χ1n) is 3.94. The van der Waals surface area contributed by atoms with Crippen LogP contribution in [0, 0.1) is 0 Å². The van der Waals surface area contributed by atoms with Crippen molar-refractivity contribution in [1.82, 2.24) is 0 Å². The number of nitrogen functional groups attached to an aromatic ring is 1. The summed E-state index contributed by atoms with van der Waals surface area (Å²) in [6.07, 6.45) is 0.644. The van der Waals surface area contributed by atoms with Crippen LogP contribution >= 0.6 is 11.6 Å². The van der Waals surface area contributed by atoms with E-state index in [1.807, 2.05) is 6.92 Å². The van der Waals surface area contributed by atoms with Gasteiger partial charge in [-0.1, -0.05) is 18.5 Å². The predicted octanol–water partition coefficient (Wildman–Crippen LogP) is 1.58. The highest BCUT2D eigenvalue weighted by Gasteiger charge is 2.13. The highest BCUT2D eigenvalue weighted by atomic mass is 35.5. The molecule has 1 aromatic rings. The van der Waals surface area contributed by atoms with E-state index in [2.05, 4.69) is 0 Å². The summed E-state index contributed by atoms with van der Waals surface area (Å²) in [6, 6.07) is 3.25. The van der Waals surface area contributed by atoms with Gasteiger partial charge in [-0.05, 0) is 24.1 Å². The first kappa shape index (κ1) is 9.86. The van der Waals surface area contributed by atoms with Gasteiger partial charge in [0.1, 0.15) is 0 Å². The zero-order valence-corrected chi connectivity index (χ0v) is 8.06. The molecule has 3 nitrogen and oxygen atoms in total. The minimum Gasteiger partial charge on any atom is -0.398 e. The van der Waals surface area contributed by atoms with Crippen molar-refractivity contribution in [3.8, 4) is 0 Å². The molecule has 1 amide bonds. The summed E-state index contributed by atoms with van der Waals surface area (Å²) in [5, 5.41) is 0.360. The van der Waals surface area contributed by atoms with Crippen LogP contribution in [0.1, 0.15) is 22.8 Å². The van der Waals surface area contributed by atoms with Gasteiger partial charge in [0.25, 0.3) is 5.91 Å². The Balaban J connectivity index is 3.43. The Labute approximate surface area is 81.7 Å². The van der Waals surface area contributed by atoms with Crippen molar-refractivity contribution in [3.05, 3.63) is 28.3 Å². The third-order valence-corrected chi connectivity index (χ3v) is 2.21. The molecule has 0 heterocycles. The van der Waals surface area contributed by atoms with Crippen LogP contribution in [0.15, 0.2) is 12.1 Å². The lowest BCUT2D eigenvalue weighted by atomic mass is 10.0. The highest BCUT2D eigenvalue weighted by Crippen LogP contribution is 2.25. The largest absolute Gasteiger partial charge is 0.398 e. The summed E-state index contributed by atoms with van der Waals surface area (Å²) >= 11 is 5.82. The number of hydrogen-bond acceptors (Lipinski definition) is 2. The smallest absolute Gasteiger partial charge is 0.250 e. The highest BCUT2D eigenvalue weighted by molar-refractivity contribution is 6.34. The molecule has 0 fully saturated rings. The average molecular weight is 199 g/mol. The molecule has 0 aromatic heterocycles. The minimum absolute atomic E-state index is 0.337. The van der Waals surface area contributed by atoms with Crippen LogP contribution in [-0.2, 0) is 6.42 Å². The van der Waals surface area contributed by atoms with Gasteiger partial charge in [0.2, 0.25) is 0 Å². The Hall–Kier alpha value is -1.22. The maximum atomic E-state index is 11.0. The summed E-state index contributed by atoms with van der Waals surface area (Å²) in [7, 11) is 0. The van der Waals surface area contributed by atoms with Crippen LogP contribution in [-0.4, -0.2) is 5.91 Å². The molecule has 70 valence electrons. The maximum absolute atomic E-state index is 11.0. The normalized spacial score (nSPS) is 10.0. The van der Waals surface area contributed by atoms with E-state index in [1.54, 1.807) is 12.1 Å². The lowest BCUT2D eigenvalue weighted by Crippen LogP contribution is -2.15. The molecule has 0 saturated carbocycles. The SMILES string of the molecule is CCc1c(N)ccc(Cl)c1C(N)=O. The van der Waals surface area contributed by atoms with E-state index in [-0.39, 0.29) is 0 Å². The minimum atomic E-state index is -0.533. The monoisotopic (exact) mass is 198 g/mol. The van der Waals surface area contributed by atoms with Gasteiger partial charge in [0, 0.05) is 5.69 Å². The first-order valence-corrected chi connectivity index (χ1v) is 4.32. The molecule has 4 N–H and O–H groups in total. The number of halogens is 1. The van der Waals surface area contributed by atoms with E-state index in [1.165, 1.54) is 0 Å². The van der Waals surface area contributed by atoms with Crippen molar-refractivity contribution in [2.24, 2.45) is 5.73 Å². The Morgan fingerprint density at radius 3 is 2.54 bits per heavy atom. The molecule has 4 heteroatoms. The fourth-order valence-electron chi connectivity index (χ4n) is 1.28. The van der Waals surface area contributed by atoms with Crippen LogP contribution in [0.5, 0.6) is 0 Å². The molecular weight excluding hydrogens is 188 g/mol. The number of benzene rings is 1. The van der Waals surface area contributed by atoms with Gasteiger partial charge < -0.3 is 11.5 Å². The molecule has 0 bridgehead atoms. The number of rotatable bonds is 2. The van der Waals surface area contributed by atoms with Gasteiger partial charge in [-0.25, -0.2) is 0 Å². The van der Waals surface area contributed by atoms with Crippen LogP contribution in [0.4, 0.5) is 5.69 Å². The molecule has 0 aliphatic rings. The van der Waals surface area contributed by atoms with Crippen LogP contribution < -0.4 is 11.5 Å². The van der Waals surface area contributed by atoms with Crippen LogP contribution in [0.25, 0.3) is 0 Å². The molecule has 0 atom stereocenters. The molecule has 1 rings (SSSR count). The Morgan fingerprint density at radius 2 is 2.15 bits per heavy atom. The van der Waals surface area contributed by atoms with Gasteiger partial charge in [0.15, 0.2) is 0 Å². The number of carbonyl (C=O) groups excluding carboxylic acids is 1. The molecule has 0 aliphatic heterocycles. The molecule has 1 aromatic carbocycles. The molecule has 0 unspecified atom stereocenters. The summed E-state index contributed by atoms with van der Waals surface area (Å²) in [5.41, 5.74) is 12.5. The van der Waals surface area contributed by atoms with Gasteiger partial charge >= 0.3 is 0 Å². The van der Waals surface area contributed by atoms with Gasteiger partial charge in [-0.3, -0.25) is 4.79 Å². The standard InChI is InChI=1S/C9H11ClN2O/c1-2-5-7(11)4-3-6(10)8(5)9(12)13/h3-4H,2,11H2,1H3,(H2,12,13). The number of anilines is 1. The van der Waals surface area contributed by atoms with Gasteiger partial charge in [0.05, 0.1) is 10.6 Å². The zero-order valence-electron chi connectivity index (χ0n) is 7.30. The maximum Gasteiger partial charge on any atom is 0.250 e. The van der Waals surface area contributed by atoms with Gasteiger partial charge in [-0.2, -0.15) is 0 Å². The Morgan fingerprint density at radius 1 is 1.54 bits per heavy atom. The van der Waals surface area contributed by atoms with Crippen molar-refractivity contribution in [3.63, 3.8) is 0 Å². The van der Waals surface area contributed by atoms with Crippen LogP contribution in [0.2, 0.25) is 5.02 Å². The Kier molecular flexibility index (Phi) is 2.78. The van der Waals surface area contributed by atoms with E-state index < -0.39 is 5.91 Å². The summed E-state index contributed by atoms with van der Waals surface area (Å²) in [4.78, 5) is 11.0. The first-order chi connectivity index (χ1) is 6.07. The Bertz CT molecular complexity index is 350. The summed E-state index contributed by atoms with van der Waals surface area (Å²) in [5.74, 6) is -0.533. The predicted molar refractivity (Wildman–Crippen MR) is 53.8 cm³/mol. The molecule has 0 aliphatic carbocycles. The average Bonchev–Trinajstić information content (AvgIpc) is 2.07. The molecule has 13 heavy (non-hydrogen) atoms. The molecule has 0 saturated heterocycles. The second kappa shape index (κ2) is 3.66. The van der Waals surface area contributed by atoms with Gasteiger partial charge in [-0.15, -0.1) is 0 Å². The third-order valence-electron chi connectivity index (χ3n) is 1.90. The number of primary amides is 1. The van der Waals surface area contributed by atoms with E-state index in [4.69, 9.17) is 23.1 Å². The summed E-state index contributed by atoms with van der Waals surface area (Å²) in [6.45, 7) is 1.90. The third kappa shape index (κ3) is 1.75. The lowest BCUT2D eigenvalue weighted by molar-refractivity contribution is 0.0999. The quantitative estimate of drug-likeness (QED) is 0.709.